The first kappa shape index (κ1) is 13.5. The third kappa shape index (κ3) is 5.92. The highest BCUT2D eigenvalue weighted by Crippen LogP contribution is 2.15. The molecule has 0 aliphatic heterocycles. The van der Waals surface area contributed by atoms with Crippen LogP contribution in [0.3, 0.4) is 0 Å². The Morgan fingerprint density at radius 2 is 2.06 bits per heavy atom. The summed E-state index contributed by atoms with van der Waals surface area (Å²) in [6, 6.07) is 6.53. The van der Waals surface area contributed by atoms with Gasteiger partial charge in [0.1, 0.15) is 5.75 Å². The Balaban J connectivity index is 2.35. The van der Waals surface area contributed by atoms with Crippen molar-refractivity contribution in [2.24, 2.45) is 0 Å². The Bertz CT molecular complexity index is 383. The molecule has 3 N–H and O–H groups in total. The molecule has 17 heavy (non-hydrogen) atoms. The minimum absolute atomic E-state index is 0.0191. The van der Waals surface area contributed by atoms with Crippen LogP contribution < -0.4 is 10.6 Å². The average molecular weight is 236 g/mol. The predicted octanol–water partition coefficient (Wildman–Crippen LogP) is 2.11. The molecular formula is C13H20N2O2. The topological polar surface area (TPSA) is 61.4 Å². The molecule has 0 heterocycles. The lowest BCUT2D eigenvalue weighted by Gasteiger charge is -2.20. The number of phenolic OH excluding ortho intramolecular Hbond substituents is 1. The number of hydrogen-bond acceptors (Lipinski definition) is 3. The standard InChI is InChI=1S/C13H20N2O2/c1-13(2,3)14-8-7-12(17)15-10-5-4-6-11(16)9-10/h4-6,9,14,16H,7-8H2,1-3H3,(H,15,17). The average Bonchev–Trinajstić information content (AvgIpc) is 2.15. The first-order chi connectivity index (χ1) is 7.87. The van der Waals surface area contributed by atoms with E-state index in [0.717, 1.165) is 0 Å². The lowest BCUT2D eigenvalue weighted by molar-refractivity contribution is -0.116. The van der Waals surface area contributed by atoms with Crippen LogP contribution in [0.4, 0.5) is 5.69 Å². The van der Waals surface area contributed by atoms with Gasteiger partial charge in [0.25, 0.3) is 0 Å². The van der Waals surface area contributed by atoms with Crippen LogP contribution >= 0.6 is 0 Å². The Hall–Kier alpha value is -1.55. The number of carbonyl (C=O) groups is 1. The molecule has 0 spiro atoms. The fourth-order valence-electron chi connectivity index (χ4n) is 1.36. The molecule has 0 saturated heterocycles. The summed E-state index contributed by atoms with van der Waals surface area (Å²) < 4.78 is 0. The first-order valence-corrected chi connectivity index (χ1v) is 5.71. The molecule has 0 bridgehead atoms. The van der Waals surface area contributed by atoms with Crippen molar-refractivity contribution in [2.75, 3.05) is 11.9 Å². The summed E-state index contributed by atoms with van der Waals surface area (Å²) in [5.41, 5.74) is 0.636. The summed E-state index contributed by atoms with van der Waals surface area (Å²) in [5.74, 6) is 0.0861. The Labute approximate surface area is 102 Å². The molecule has 4 nitrogen and oxygen atoms in total. The van der Waals surface area contributed by atoms with Crippen LogP contribution in [0.2, 0.25) is 0 Å². The highest BCUT2D eigenvalue weighted by Gasteiger charge is 2.09. The van der Waals surface area contributed by atoms with Gasteiger partial charge in [0, 0.05) is 30.3 Å². The third-order valence-corrected chi connectivity index (χ3v) is 2.14. The number of phenols is 1. The predicted molar refractivity (Wildman–Crippen MR) is 69.1 cm³/mol. The molecule has 1 aromatic rings. The maximum absolute atomic E-state index is 11.6. The lowest BCUT2D eigenvalue weighted by Crippen LogP contribution is -2.37. The molecule has 0 aliphatic rings. The quantitative estimate of drug-likeness (QED) is 0.750. The molecule has 0 saturated carbocycles. The third-order valence-electron chi connectivity index (χ3n) is 2.14. The molecule has 0 fully saturated rings. The van der Waals surface area contributed by atoms with Crippen LogP contribution in [-0.4, -0.2) is 23.1 Å². The van der Waals surface area contributed by atoms with Crippen LogP contribution in [0.5, 0.6) is 5.75 Å². The van der Waals surface area contributed by atoms with Crippen LogP contribution in [-0.2, 0) is 4.79 Å². The van der Waals surface area contributed by atoms with Gasteiger partial charge in [-0.3, -0.25) is 4.79 Å². The van der Waals surface area contributed by atoms with Crippen molar-refractivity contribution in [3.05, 3.63) is 24.3 Å². The van der Waals surface area contributed by atoms with E-state index in [9.17, 15) is 9.90 Å². The molecule has 0 unspecified atom stereocenters. The van der Waals surface area contributed by atoms with Crippen molar-refractivity contribution in [2.45, 2.75) is 32.7 Å². The van der Waals surface area contributed by atoms with Crippen molar-refractivity contribution >= 4 is 11.6 Å². The molecule has 94 valence electrons. The van der Waals surface area contributed by atoms with E-state index in [4.69, 9.17) is 0 Å². The minimum atomic E-state index is -0.0626. The number of aromatic hydroxyl groups is 1. The molecular weight excluding hydrogens is 216 g/mol. The zero-order valence-electron chi connectivity index (χ0n) is 10.6. The largest absolute Gasteiger partial charge is 0.508 e. The van der Waals surface area contributed by atoms with Crippen LogP contribution in [0.15, 0.2) is 24.3 Å². The van der Waals surface area contributed by atoms with Gasteiger partial charge in [-0.1, -0.05) is 6.07 Å². The van der Waals surface area contributed by atoms with Crippen molar-refractivity contribution in [3.8, 4) is 5.75 Å². The number of carbonyl (C=O) groups excluding carboxylic acids is 1. The van der Waals surface area contributed by atoms with Crippen LogP contribution in [0.25, 0.3) is 0 Å². The normalized spacial score (nSPS) is 11.2. The SMILES string of the molecule is CC(C)(C)NCCC(=O)Nc1cccc(O)c1. The lowest BCUT2D eigenvalue weighted by atomic mass is 10.1. The van der Waals surface area contributed by atoms with Gasteiger partial charge in [-0.25, -0.2) is 0 Å². The van der Waals surface area contributed by atoms with Crippen LogP contribution in [0.1, 0.15) is 27.2 Å². The molecule has 4 heteroatoms. The molecule has 1 rings (SSSR count). The molecule has 1 amide bonds. The van der Waals surface area contributed by atoms with Gasteiger partial charge in [-0.15, -0.1) is 0 Å². The van der Waals surface area contributed by atoms with Crippen LogP contribution in [0, 0.1) is 0 Å². The highest BCUT2D eigenvalue weighted by molar-refractivity contribution is 5.90. The van der Waals surface area contributed by atoms with Gasteiger partial charge >= 0.3 is 0 Å². The summed E-state index contributed by atoms with van der Waals surface area (Å²) in [6.07, 6.45) is 0.410. The maximum atomic E-state index is 11.6. The van der Waals surface area contributed by atoms with Gasteiger partial charge < -0.3 is 15.7 Å². The number of rotatable bonds is 4. The van der Waals surface area contributed by atoms with E-state index < -0.39 is 0 Å². The van der Waals surface area contributed by atoms with E-state index in [0.29, 0.717) is 18.7 Å². The van der Waals surface area contributed by atoms with Crippen molar-refractivity contribution in [3.63, 3.8) is 0 Å². The Kier molecular flexibility index (Phi) is 4.52. The molecule has 0 aromatic heterocycles. The number of amides is 1. The van der Waals surface area contributed by atoms with E-state index >= 15 is 0 Å². The van der Waals surface area contributed by atoms with E-state index in [2.05, 4.69) is 31.4 Å². The van der Waals surface area contributed by atoms with E-state index in [1.54, 1.807) is 18.2 Å². The van der Waals surface area contributed by atoms with Gasteiger partial charge in [0.05, 0.1) is 0 Å². The number of nitrogens with one attached hydrogen (secondary N) is 2. The van der Waals surface area contributed by atoms with E-state index in [-0.39, 0.29) is 17.2 Å². The molecule has 0 atom stereocenters. The Morgan fingerprint density at radius 3 is 2.65 bits per heavy atom. The molecule has 0 radical (unpaired) electrons. The Morgan fingerprint density at radius 1 is 1.35 bits per heavy atom. The fraction of sp³-hybridized carbons (Fsp3) is 0.462. The second kappa shape index (κ2) is 5.68. The first-order valence-electron chi connectivity index (χ1n) is 5.71. The summed E-state index contributed by atoms with van der Waals surface area (Å²) in [7, 11) is 0. The van der Waals surface area contributed by atoms with Gasteiger partial charge in [-0.05, 0) is 32.9 Å². The monoisotopic (exact) mass is 236 g/mol. The van der Waals surface area contributed by atoms with Gasteiger partial charge in [0.15, 0.2) is 0 Å². The van der Waals surface area contributed by atoms with E-state index in [1.165, 1.54) is 6.07 Å². The minimum Gasteiger partial charge on any atom is -0.508 e. The van der Waals surface area contributed by atoms with Crippen molar-refractivity contribution in [1.82, 2.24) is 5.32 Å². The molecule has 0 aliphatic carbocycles. The highest BCUT2D eigenvalue weighted by atomic mass is 16.3. The number of anilines is 1. The van der Waals surface area contributed by atoms with Crippen molar-refractivity contribution < 1.29 is 9.90 Å². The molecule has 1 aromatic carbocycles. The zero-order chi connectivity index (χ0) is 12.9. The summed E-state index contributed by atoms with van der Waals surface area (Å²) in [4.78, 5) is 11.6. The summed E-state index contributed by atoms with van der Waals surface area (Å²) >= 11 is 0. The summed E-state index contributed by atoms with van der Waals surface area (Å²) in [6.45, 7) is 6.80. The smallest absolute Gasteiger partial charge is 0.225 e. The fourth-order valence-corrected chi connectivity index (χ4v) is 1.36. The second-order valence-electron chi connectivity index (χ2n) is 5.03. The zero-order valence-corrected chi connectivity index (χ0v) is 10.6. The number of hydrogen-bond donors (Lipinski definition) is 3. The number of benzene rings is 1. The van der Waals surface area contributed by atoms with E-state index in [1.807, 2.05) is 0 Å². The van der Waals surface area contributed by atoms with Gasteiger partial charge in [-0.2, -0.15) is 0 Å². The maximum Gasteiger partial charge on any atom is 0.225 e. The van der Waals surface area contributed by atoms with Crippen molar-refractivity contribution in [1.29, 1.82) is 0 Å². The summed E-state index contributed by atoms with van der Waals surface area (Å²) in [5, 5.41) is 15.2. The second-order valence-corrected chi connectivity index (χ2v) is 5.03. The van der Waals surface area contributed by atoms with Gasteiger partial charge in [0.2, 0.25) is 5.91 Å².